The SMILES string of the molecule is C1CC(C2CC2)[N]N1. The highest BCUT2D eigenvalue weighted by Gasteiger charge is 2.33. The van der Waals surface area contributed by atoms with Crippen molar-refractivity contribution >= 4 is 0 Å². The summed E-state index contributed by atoms with van der Waals surface area (Å²) >= 11 is 0. The highest BCUT2D eigenvalue weighted by molar-refractivity contribution is 4.87. The Labute approximate surface area is 49.6 Å². The van der Waals surface area contributed by atoms with Crippen molar-refractivity contribution in [1.82, 2.24) is 10.9 Å². The quantitative estimate of drug-likeness (QED) is 0.516. The standard InChI is InChI=1S/C6H11N2/c1-2-5(1)6-3-4-7-8-6/h5-7H,1-4H2. The monoisotopic (exact) mass is 111 g/mol. The van der Waals surface area contributed by atoms with Gasteiger partial charge in [-0.25, -0.2) is 5.43 Å². The zero-order valence-electron chi connectivity index (χ0n) is 4.93. The fourth-order valence-electron chi connectivity index (χ4n) is 1.28. The Morgan fingerprint density at radius 2 is 2.12 bits per heavy atom. The van der Waals surface area contributed by atoms with E-state index in [0.29, 0.717) is 6.04 Å². The van der Waals surface area contributed by atoms with Crippen molar-refractivity contribution in [3.8, 4) is 0 Å². The molecule has 1 saturated heterocycles. The van der Waals surface area contributed by atoms with Crippen molar-refractivity contribution in [2.24, 2.45) is 5.92 Å². The van der Waals surface area contributed by atoms with Gasteiger partial charge in [-0.05, 0) is 25.2 Å². The molecule has 0 aromatic carbocycles. The van der Waals surface area contributed by atoms with E-state index in [1.807, 2.05) is 0 Å². The van der Waals surface area contributed by atoms with Crippen molar-refractivity contribution in [2.45, 2.75) is 25.3 Å². The van der Waals surface area contributed by atoms with Gasteiger partial charge in [-0.3, -0.25) is 0 Å². The minimum absolute atomic E-state index is 0.690. The molecule has 1 saturated carbocycles. The van der Waals surface area contributed by atoms with Crippen LogP contribution in [0.3, 0.4) is 0 Å². The van der Waals surface area contributed by atoms with E-state index in [9.17, 15) is 0 Å². The van der Waals surface area contributed by atoms with Gasteiger partial charge in [0, 0.05) is 12.6 Å². The molecule has 8 heavy (non-hydrogen) atoms. The lowest BCUT2D eigenvalue weighted by molar-refractivity contribution is 0.492. The van der Waals surface area contributed by atoms with Gasteiger partial charge in [-0.1, -0.05) is 0 Å². The molecular weight excluding hydrogens is 100 g/mol. The molecule has 0 amide bonds. The summed E-state index contributed by atoms with van der Waals surface area (Å²) in [5.41, 5.74) is 7.27. The van der Waals surface area contributed by atoms with Gasteiger partial charge in [0.2, 0.25) is 0 Å². The van der Waals surface area contributed by atoms with E-state index in [0.717, 1.165) is 12.5 Å². The molecule has 1 atom stereocenters. The number of rotatable bonds is 1. The van der Waals surface area contributed by atoms with Crippen LogP contribution in [-0.4, -0.2) is 12.6 Å². The second-order valence-corrected chi connectivity index (χ2v) is 2.73. The average molecular weight is 111 g/mol. The lowest BCUT2D eigenvalue weighted by Crippen LogP contribution is -2.22. The molecule has 2 nitrogen and oxygen atoms in total. The number of hydrogen-bond acceptors (Lipinski definition) is 1. The van der Waals surface area contributed by atoms with Crippen molar-refractivity contribution < 1.29 is 0 Å². The van der Waals surface area contributed by atoms with Gasteiger partial charge in [0.05, 0.1) is 0 Å². The summed E-state index contributed by atoms with van der Waals surface area (Å²) in [4.78, 5) is 0. The minimum Gasteiger partial charge on any atom is -0.240 e. The van der Waals surface area contributed by atoms with Crippen LogP contribution in [0.4, 0.5) is 0 Å². The van der Waals surface area contributed by atoms with E-state index in [4.69, 9.17) is 0 Å². The second kappa shape index (κ2) is 1.71. The first-order valence-electron chi connectivity index (χ1n) is 3.39. The van der Waals surface area contributed by atoms with Crippen LogP contribution in [0.5, 0.6) is 0 Å². The highest BCUT2D eigenvalue weighted by atomic mass is 15.4. The topological polar surface area (TPSA) is 26.1 Å². The van der Waals surface area contributed by atoms with Crippen molar-refractivity contribution in [3.05, 3.63) is 0 Å². The maximum atomic E-state index is 4.25. The van der Waals surface area contributed by atoms with Crippen LogP contribution in [0.15, 0.2) is 0 Å². The summed E-state index contributed by atoms with van der Waals surface area (Å²) in [5.74, 6) is 0.963. The molecule has 0 bridgehead atoms. The van der Waals surface area contributed by atoms with Crippen LogP contribution >= 0.6 is 0 Å². The summed E-state index contributed by atoms with van der Waals surface area (Å²) in [7, 11) is 0. The summed E-state index contributed by atoms with van der Waals surface area (Å²) in [6, 6.07) is 0.690. The van der Waals surface area contributed by atoms with Crippen LogP contribution in [0.25, 0.3) is 0 Å². The summed E-state index contributed by atoms with van der Waals surface area (Å²) < 4.78 is 0. The smallest absolute Gasteiger partial charge is 0.0457 e. The second-order valence-electron chi connectivity index (χ2n) is 2.73. The van der Waals surface area contributed by atoms with Crippen molar-refractivity contribution in [2.75, 3.05) is 6.54 Å². The molecular formula is C6H11N2. The molecule has 2 rings (SSSR count). The fourth-order valence-corrected chi connectivity index (χ4v) is 1.28. The van der Waals surface area contributed by atoms with Gasteiger partial charge in [-0.2, -0.15) is 5.43 Å². The van der Waals surface area contributed by atoms with Gasteiger partial charge in [0.15, 0.2) is 0 Å². The molecule has 45 valence electrons. The minimum atomic E-state index is 0.690. The van der Waals surface area contributed by atoms with Gasteiger partial charge in [-0.15, -0.1) is 0 Å². The lowest BCUT2D eigenvalue weighted by atomic mass is 10.1. The van der Waals surface area contributed by atoms with Gasteiger partial charge >= 0.3 is 0 Å². The predicted octanol–water partition coefficient (Wildman–Crippen LogP) is 0.278. The van der Waals surface area contributed by atoms with Crippen LogP contribution in [0.1, 0.15) is 19.3 Å². The van der Waals surface area contributed by atoms with Crippen LogP contribution in [-0.2, 0) is 0 Å². The zero-order chi connectivity index (χ0) is 5.40. The maximum absolute atomic E-state index is 4.25. The molecule has 2 heteroatoms. The molecule has 1 N–H and O–H groups in total. The molecule has 1 aliphatic carbocycles. The maximum Gasteiger partial charge on any atom is 0.0457 e. The molecule has 0 aromatic heterocycles. The van der Waals surface area contributed by atoms with Gasteiger partial charge < -0.3 is 0 Å². The molecule has 1 aliphatic heterocycles. The van der Waals surface area contributed by atoms with Gasteiger partial charge in [0.25, 0.3) is 0 Å². The third kappa shape index (κ3) is 0.740. The Bertz CT molecular complexity index is 82.5. The Morgan fingerprint density at radius 3 is 2.62 bits per heavy atom. The Hall–Kier alpha value is -0.0800. The molecule has 2 aliphatic rings. The summed E-state index contributed by atoms with van der Waals surface area (Å²) in [5, 5.41) is 0. The predicted molar refractivity (Wildman–Crippen MR) is 31.3 cm³/mol. The lowest BCUT2D eigenvalue weighted by Gasteiger charge is -2.01. The zero-order valence-corrected chi connectivity index (χ0v) is 4.93. The molecule has 1 unspecified atom stereocenters. The molecule has 0 aromatic rings. The summed E-state index contributed by atoms with van der Waals surface area (Å²) in [6.45, 7) is 1.11. The molecule has 1 heterocycles. The third-order valence-electron chi connectivity index (χ3n) is 1.98. The molecule has 2 fully saturated rings. The third-order valence-corrected chi connectivity index (χ3v) is 1.98. The van der Waals surface area contributed by atoms with E-state index in [1.54, 1.807) is 0 Å². The van der Waals surface area contributed by atoms with Gasteiger partial charge in [0.1, 0.15) is 0 Å². The summed E-state index contributed by atoms with van der Waals surface area (Å²) in [6.07, 6.45) is 4.14. The van der Waals surface area contributed by atoms with E-state index in [-0.39, 0.29) is 0 Å². The first kappa shape index (κ1) is 4.77. The van der Waals surface area contributed by atoms with Crippen molar-refractivity contribution in [1.29, 1.82) is 0 Å². The van der Waals surface area contributed by atoms with E-state index in [2.05, 4.69) is 10.9 Å². The van der Waals surface area contributed by atoms with E-state index < -0.39 is 0 Å². The normalized spacial score (nSPS) is 38.2. The number of nitrogens with zero attached hydrogens (tertiary/aromatic N) is 1. The van der Waals surface area contributed by atoms with Crippen molar-refractivity contribution in [3.63, 3.8) is 0 Å². The highest BCUT2D eigenvalue weighted by Crippen LogP contribution is 2.34. The number of hydrogen-bond donors (Lipinski definition) is 1. The first-order chi connectivity index (χ1) is 3.97. The largest absolute Gasteiger partial charge is 0.240 e. The molecule has 0 spiro atoms. The van der Waals surface area contributed by atoms with E-state index in [1.165, 1.54) is 19.3 Å². The van der Waals surface area contributed by atoms with Crippen LogP contribution in [0, 0.1) is 5.92 Å². The number of nitrogens with one attached hydrogen (secondary N) is 1. The van der Waals surface area contributed by atoms with Crippen LogP contribution in [0.2, 0.25) is 0 Å². The fraction of sp³-hybridized carbons (Fsp3) is 1.00. The Morgan fingerprint density at radius 1 is 1.25 bits per heavy atom. The Balaban J connectivity index is 1.86. The van der Waals surface area contributed by atoms with Crippen LogP contribution < -0.4 is 10.9 Å². The average Bonchev–Trinajstić information content (AvgIpc) is 2.49. The Kier molecular flexibility index (Phi) is 1.02. The van der Waals surface area contributed by atoms with E-state index >= 15 is 0 Å². The first-order valence-corrected chi connectivity index (χ1v) is 3.39. The molecule has 1 radical (unpaired) electrons.